The van der Waals surface area contributed by atoms with Gasteiger partial charge in [-0.25, -0.2) is 4.98 Å². The molecule has 2 heterocycles. The normalized spacial score (nSPS) is 12.4. The first kappa shape index (κ1) is 19.8. The molecule has 0 aliphatic rings. The minimum atomic E-state index is -0.0931. The second-order valence-electron chi connectivity index (χ2n) is 6.82. The third kappa shape index (κ3) is 4.33. The number of fused-ring (bicyclic) bond motifs is 1. The van der Waals surface area contributed by atoms with E-state index in [1.807, 2.05) is 38.1 Å². The van der Waals surface area contributed by atoms with Gasteiger partial charge in [0.15, 0.2) is 5.78 Å². The topological polar surface area (TPSA) is 62.8 Å². The number of carbonyl (C=O) groups excluding carboxylic acids is 1. The zero-order valence-electron chi connectivity index (χ0n) is 16.1. The summed E-state index contributed by atoms with van der Waals surface area (Å²) >= 11 is 3.02. The number of aromatic nitrogens is 2. The number of Topliss-reactive ketones (excluding diaryl/α,β-unsaturated/α-hetero) is 1. The SMILES string of the molecule is CC[C@H](C)c1ccc(C(=O)CSCc2nc3sc(C)c(C)c3c(=O)[nH]2)cc1. The highest BCUT2D eigenvalue weighted by atomic mass is 32.2. The number of aromatic amines is 1. The van der Waals surface area contributed by atoms with E-state index in [-0.39, 0.29) is 11.3 Å². The average molecular weight is 401 g/mol. The lowest BCUT2D eigenvalue weighted by Crippen LogP contribution is -2.11. The van der Waals surface area contributed by atoms with Crippen molar-refractivity contribution in [3.05, 3.63) is 62.0 Å². The van der Waals surface area contributed by atoms with Gasteiger partial charge in [0.05, 0.1) is 16.9 Å². The van der Waals surface area contributed by atoms with Gasteiger partial charge < -0.3 is 4.98 Å². The molecular weight excluding hydrogens is 376 g/mol. The van der Waals surface area contributed by atoms with E-state index in [0.29, 0.717) is 28.6 Å². The van der Waals surface area contributed by atoms with Gasteiger partial charge in [-0.05, 0) is 37.3 Å². The molecule has 0 bridgehead atoms. The maximum atomic E-state index is 12.4. The van der Waals surface area contributed by atoms with Crippen molar-refractivity contribution in [1.29, 1.82) is 0 Å². The lowest BCUT2D eigenvalue weighted by atomic mass is 9.97. The van der Waals surface area contributed by atoms with Crippen LogP contribution in [-0.4, -0.2) is 21.5 Å². The van der Waals surface area contributed by atoms with Crippen molar-refractivity contribution in [2.75, 3.05) is 5.75 Å². The molecule has 1 N–H and O–H groups in total. The number of nitrogens with zero attached hydrogens (tertiary/aromatic N) is 1. The standard InChI is InChI=1S/C21H24N2O2S2/c1-5-12(2)15-6-8-16(9-7-15)17(24)10-26-11-18-22-20(25)19-13(3)14(4)27-21(19)23-18/h6-9,12H,5,10-11H2,1-4H3,(H,22,23,25)/t12-/m0/s1. The van der Waals surface area contributed by atoms with Crippen molar-refractivity contribution < 1.29 is 4.79 Å². The third-order valence-corrected chi connectivity index (χ3v) is 7.02. The fourth-order valence-corrected chi connectivity index (χ4v) is 4.76. The van der Waals surface area contributed by atoms with E-state index in [9.17, 15) is 9.59 Å². The van der Waals surface area contributed by atoms with E-state index < -0.39 is 0 Å². The van der Waals surface area contributed by atoms with E-state index in [2.05, 4.69) is 23.8 Å². The highest BCUT2D eigenvalue weighted by Gasteiger charge is 2.13. The molecule has 6 heteroatoms. The predicted octanol–water partition coefficient (Wildman–Crippen LogP) is 5.23. The number of hydrogen-bond acceptors (Lipinski definition) is 5. The van der Waals surface area contributed by atoms with Crippen LogP contribution in [0, 0.1) is 13.8 Å². The van der Waals surface area contributed by atoms with Gasteiger partial charge in [-0.15, -0.1) is 23.1 Å². The summed E-state index contributed by atoms with van der Waals surface area (Å²) in [6.07, 6.45) is 1.09. The molecule has 0 unspecified atom stereocenters. The Labute approximate surface area is 167 Å². The molecule has 0 amide bonds. The Morgan fingerprint density at radius 3 is 2.63 bits per heavy atom. The highest BCUT2D eigenvalue weighted by molar-refractivity contribution is 7.99. The van der Waals surface area contributed by atoms with E-state index in [4.69, 9.17) is 0 Å². The zero-order chi connectivity index (χ0) is 19.6. The molecular formula is C21H24N2O2S2. The number of benzene rings is 1. The van der Waals surface area contributed by atoms with Crippen LogP contribution in [0.4, 0.5) is 0 Å². The van der Waals surface area contributed by atoms with Crippen LogP contribution in [0.25, 0.3) is 10.2 Å². The Bertz CT molecular complexity index is 1020. The summed E-state index contributed by atoms with van der Waals surface area (Å²) in [5, 5.41) is 0.684. The number of H-pyrrole nitrogens is 1. The molecule has 4 nitrogen and oxygen atoms in total. The first-order chi connectivity index (χ1) is 12.9. The van der Waals surface area contributed by atoms with Gasteiger partial charge in [0.25, 0.3) is 5.56 Å². The Kier molecular flexibility index (Phi) is 6.17. The van der Waals surface area contributed by atoms with Crippen LogP contribution in [0.5, 0.6) is 0 Å². The number of aryl methyl sites for hydroxylation is 2. The number of rotatable bonds is 7. The smallest absolute Gasteiger partial charge is 0.259 e. The molecule has 1 atom stereocenters. The van der Waals surface area contributed by atoms with Crippen LogP contribution < -0.4 is 5.56 Å². The largest absolute Gasteiger partial charge is 0.309 e. The maximum Gasteiger partial charge on any atom is 0.259 e. The molecule has 0 aliphatic heterocycles. The first-order valence-electron chi connectivity index (χ1n) is 9.10. The number of thiophene rings is 1. The fraction of sp³-hybridized carbons (Fsp3) is 0.381. The number of nitrogens with one attached hydrogen (secondary N) is 1. The molecule has 2 aromatic heterocycles. The van der Waals surface area contributed by atoms with E-state index >= 15 is 0 Å². The molecule has 0 radical (unpaired) electrons. The Morgan fingerprint density at radius 2 is 1.96 bits per heavy atom. The van der Waals surface area contributed by atoms with Crippen molar-refractivity contribution in [2.24, 2.45) is 0 Å². The van der Waals surface area contributed by atoms with Gasteiger partial charge in [0, 0.05) is 10.4 Å². The fourth-order valence-electron chi connectivity index (χ4n) is 2.92. The van der Waals surface area contributed by atoms with Crippen LogP contribution in [0.15, 0.2) is 29.1 Å². The summed E-state index contributed by atoms with van der Waals surface area (Å²) in [6.45, 7) is 8.30. The van der Waals surface area contributed by atoms with Crippen molar-refractivity contribution in [3.63, 3.8) is 0 Å². The molecule has 0 saturated heterocycles. The summed E-state index contributed by atoms with van der Waals surface area (Å²) in [7, 11) is 0. The average Bonchev–Trinajstić information content (AvgIpc) is 2.95. The van der Waals surface area contributed by atoms with Crippen LogP contribution in [-0.2, 0) is 5.75 Å². The lowest BCUT2D eigenvalue weighted by molar-refractivity contribution is 0.102. The van der Waals surface area contributed by atoms with E-state index in [0.717, 1.165) is 27.3 Å². The van der Waals surface area contributed by atoms with Gasteiger partial charge in [-0.2, -0.15) is 0 Å². The molecule has 0 aliphatic carbocycles. The molecule has 27 heavy (non-hydrogen) atoms. The monoisotopic (exact) mass is 400 g/mol. The van der Waals surface area contributed by atoms with Gasteiger partial charge in [0.2, 0.25) is 0 Å². The molecule has 0 spiro atoms. The van der Waals surface area contributed by atoms with Crippen molar-refractivity contribution in [1.82, 2.24) is 9.97 Å². The second-order valence-corrected chi connectivity index (χ2v) is 9.01. The highest BCUT2D eigenvalue weighted by Crippen LogP contribution is 2.26. The molecule has 3 rings (SSSR count). The summed E-state index contributed by atoms with van der Waals surface area (Å²) in [4.78, 5) is 34.0. The van der Waals surface area contributed by atoms with Crippen LogP contribution in [0.1, 0.15) is 58.4 Å². The van der Waals surface area contributed by atoms with Gasteiger partial charge in [0.1, 0.15) is 10.7 Å². The van der Waals surface area contributed by atoms with Gasteiger partial charge in [-0.3, -0.25) is 9.59 Å². The number of carbonyl (C=O) groups is 1. The van der Waals surface area contributed by atoms with Gasteiger partial charge >= 0.3 is 0 Å². The first-order valence-corrected chi connectivity index (χ1v) is 11.1. The van der Waals surface area contributed by atoms with Crippen molar-refractivity contribution in [3.8, 4) is 0 Å². The molecule has 1 aromatic carbocycles. The minimum absolute atomic E-state index is 0.0931. The number of ketones is 1. The Morgan fingerprint density at radius 1 is 1.26 bits per heavy atom. The second kappa shape index (κ2) is 8.40. The summed E-state index contributed by atoms with van der Waals surface area (Å²) in [5.74, 6) is 2.11. The van der Waals surface area contributed by atoms with Crippen LogP contribution in [0.2, 0.25) is 0 Å². The van der Waals surface area contributed by atoms with Crippen molar-refractivity contribution >= 4 is 39.1 Å². The lowest BCUT2D eigenvalue weighted by Gasteiger charge is -2.09. The summed E-state index contributed by atoms with van der Waals surface area (Å²) in [5.41, 5.74) is 2.90. The molecule has 3 aromatic rings. The predicted molar refractivity (Wildman–Crippen MR) is 115 cm³/mol. The number of hydrogen-bond donors (Lipinski definition) is 1. The quantitative estimate of drug-likeness (QED) is 0.552. The Hall–Kier alpha value is -1.92. The third-order valence-electron chi connectivity index (χ3n) is 4.97. The minimum Gasteiger partial charge on any atom is -0.309 e. The molecule has 0 saturated carbocycles. The molecule has 0 fully saturated rings. The van der Waals surface area contributed by atoms with E-state index in [1.165, 1.54) is 17.3 Å². The van der Waals surface area contributed by atoms with Crippen LogP contribution >= 0.6 is 23.1 Å². The Balaban J connectivity index is 1.63. The van der Waals surface area contributed by atoms with Crippen molar-refractivity contribution in [2.45, 2.75) is 45.8 Å². The van der Waals surface area contributed by atoms with E-state index in [1.54, 1.807) is 11.3 Å². The maximum absolute atomic E-state index is 12.4. The van der Waals surface area contributed by atoms with Crippen LogP contribution in [0.3, 0.4) is 0 Å². The zero-order valence-corrected chi connectivity index (χ0v) is 17.7. The molecule has 142 valence electrons. The summed E-state index contributed by atoms with van der Waals surface area (Å²) < 4.78 is 0. The van der Waals surface area contributed by atoms with Gasteiger partial charge in [-0.1, -0.05) is 38.1 Å². The number of thioether (sulfide) groups is 1. The summed E-state index contributed by atoms with van der Waals surface area (Å²) in [6, 6.07) is 7.91.